The van der Waals surface area contributed by atoms with E-state index in [-0.39, 0.29) is 0 Å². The van der Waals surface area contributed by atoms with Crippen molar-refractivity contribution in [2.75, 3.05) is 6.54 Å². The number of aryl methyl sites for hydroxylation is 1. The third kappa shape index (κ3) is 3.17. The maximum absolute atomic E-state index is 11.2. The first-order valence-corrected chi connectivity index (χ1v) is 7.46. The van der Waals surface area contributed by atoms with E-state index in [1.54, 1.807) is 0 Å². The number of likely N-dealkylation sites (tertiary alicyclic amines) is 1. The van der Waals surface area contributed by atoms with E-state index >= 15 is 0 Å². The van der Waals surface area contributed by atoms with Crippen LogP contribution in [0, 0.1) is 6.92 Å². The van der Waals surface area contributed by atoms with Crippen LogP contribution in [0.3, 0.4) is 0 Å². The molecule has 0 amide bonds. The Hall–Kier alpha value is -2.21. The zero-order valence-corrected chi connectivity index (χ0v) is 12.5. The van der Waals surface area contributed by atoms with Crippen molar-refractivity contribution in [2.24, 2.45) is 0 Å². The molecule has 1 N–H and O–H groups in total. The highest BCUT2D eigenvalue weighted by atomic mass is 16.5. The molecule has 1 unspecified atom stereocenters. The summed E-state index contributed by atoms with van der Waals surface area (Å²) in [5.74, 6) is 0.341. The third-order valence-electron chi connectivity index (χ3n) is 4.11. The van der Waals surface area contributed by atoms with Gasteiger partial charge in [0, 0.05) is 0 Å². The summed E-state index contributed by atoms with van der Waals surface area (Å²) in [7, 11) is 0. The second-order valence-corrected chi connectivity index (χ2v) is 5.67. The summed E-state index contributed by atoms with van der Waals surface area (Å²) in [6, 6.07) is 7.64. The summed E-state index contributed by atoms with van der Waals surface area (Å²) in [5, 5.41) is 13.2. The molecule has 0 radical (unpaired) electrons. The number of nitrogens with zero attached hydrogens (tertiary/aromatic N) is 3. The van der Waals surface area contributed by atoms with Crippen molar-refractivity contribution in [3.05, 3.63) is 47.1 Å². The predicted molar refractivity (Wildman–Crippen MR) is 79.4 cm³/mol. The van der Waals surface area contributed by atoms with Gasteiger partial charge in [-0.2, -0.15) is 4.98 Å². The second-order valence-electron chi connectivity index (χ2n) is 5.67. The first kappa shape index (κ1) is 14.7. The van der Waals surface area contributed by atoms with Crippen molar-refractivity contribution >= 4 is 5.97 Å². The van der Waals surface area contributed by atoms with Crippen LogP contribution < -0.4 is 0 Å². The lowest BCUT2D eigenvalue weighted by Gasteiger charge is -2.18. The Bertz CT molecular complexity index is 668. The number of aromatic nitrogens is 2. The molecule has 0 aliphatic carbocycles. The van der Waals surface area contributed by atoms with Gasteiger partial charge in [0.25, 0.3) is 0 Å². The van der Waals surface area contributed by atoms with Crippen LogP contribution in [0.1, 0.15) is 35.7 Å². The molecule has 2 aromatic rings. The highest BCUT2D eigenvalue weighted by Gasteiger charge is 2.31. The zero-order chi connectivity index (χ0) is 15.5. The average Bonchev–Trinajstić information content (AvgIpc) is 3.11. The van der Waals surface area contributed by atoms with Crippen molar-refractivity contribution in [1.82, 2.24) is 15.0 Å². The molecule has 0 spiro atoms. The molecule has 0 bridgehead atoms. The van der Waals surface area contributed by atoms with E-state index in [1.807, 2.05) is 36.1 Å². The van der Waals surface area contributed by atoms with Gasteiger partial charge >= 0.3 is 5.97 Å². The van der Waals surface area contributed by atoms with Crippen LogP contribution in [0.5, 0.6) is 0 Å². The predicted octanol–water partition coefficient (Wildman–Crippen LogP) is 2.02. The third-order valence-corrected chi connectivity index (χ3v) is 4.11. The van der Waals surface area contributed by atoms with Crippen molar-refractivity contribution < 1.29 is 14.4 Å². The molecule has 22 heavy (non-hydrogen) atoms. The number of aliphatic carboxylic acids is 1. The van der Waals surface area contributed by atoms with Gasteiger partial charge in [-0.1, -0.05) is 29.4 Å². The maximum Gasteiger partial charge on any atom is 0.320 e. The molecule has 6 heteroatoms. The van der Waals surface area contributed by atoms with Gasteiger partial charge in [0.15, 0.2) is 5.82 Å². The molecule has 1 atom stereocenters. The Morgan fingerprint density at radius 2 is 2.27 bits per heavy atom. The lowest BCUT2D eigenvalue weighted by Crippen LogP contribution is -2.35. The van der Waals surface area contributed by atoms with E-state index in [4.69, 9.17) is 4.52 Å². The highest BCUT2D eigenvalue weighted by molar-refractivity contribution is 5.73. The van der Waals surface area contributed by atoms with Crippen LogP contribution in [-0.2, 0) is 17.8 Å². The van der Waals surface area contributed by atoms with E-state index < -0.39 is 12.0 Å². The normalized spacial score (nSPS) is 18.7. The summed E-state index contributed by atoms with van der Waals surface area (Å²) in [6.45, 7) is 3.24. The van der Waals surface area contributed by atoms with E-state index in [2.05, 4.69) is 10.1 Å². The van der Waals surface area contributed by atoms with Gasteiger partial charge in [-0.05, 0) is 37.4 Å². The van der Waals surface area contributed by atoms with E-state index in [9.17, 15) is 9.90 Å². The molecule has 0 saturated carbocycles. The Morgan fingerprint density at radius 1 is 1.45 bits per heavy atom. The molecule has 6 nitrogen and oxygen atoms in total. The van der Waals surface area contributed by atoms with E-state index in [1.165, 1.54) is 5.56 Å². The Labute approximate surface area is 128 Å². The monoisotopic (exact) mass is 301 g/mol. The number of carboxylic acids is 1. The van der Waals surface area contributed by atoms with Crippen LogP contribution in [0.25, 0.3) is 0 Å². The number of rotatable bonds is 5. The van der Waals surface area contributed by atoms with Gasteiger partial charge < -0.3 is 9.63 Å². The largest absolute Gasteiger partial charge is 0.480 e. The molecule has 116 valence electrons. The van der Waals surface area contributed by atoms with Crippen LogP contribution in [0.2, 0.25) is 0 Å². The van der Waals surface area contributed by atoms with Crippen molar-refractivity contribution in [3.8, 4) is 0 Å². The van der Waals surface area contributed by atoms with E-state index in [0.29, 0.717) is 31.1 Å². The summed E-state index contributed by atoms with van der Waals surface area (Å²) in [6.07, 6.45) is 2.18. The molecule has 3 rings (SSSR count). The maximum atomic E-state index is 11.2. The SMILES string of the molecule is Cc1ccccc1Cc1nc(CN2CCCC2C(=O)O)no1. The van der Waals surface area contributed by atoms with Crippen molar-refractivity contribution in [2.45, 2.75) is 38.8 Å². The average molecular weight is 301 g/mol. The number of hydrogen-bond donors (Lipinski definition) is 1. The summed E-state index contributed by atoms with van der Waals surface area (Å²) in [5.41, 5.74) is 2.34. The van der Waals surface area contributed by atoms with Gasteiger partial charge in [0.05, 0.1) is 13.0 Å². The van der Waals surface area contributed by atoms with Gasteiger partial charge in [-0.15, -0.1) is 0 Å². The molecule has 1 saturated heterocycles. The quantitative estimate of drug-likeness (QED) is 0.910. The van der Waals surface area contributed by atoms with Crippen LogP contribution in [-0.4, -0.2) is 38.7 Å². The fourth-order valence-corrected chi connectivity index (χ4v) is 2.87. The standard InChI is InChI=1S/C16H19N3O3/c1-11-5-2-3-6-12(11)9-15-17-14(18-22-15)10-19-8-4-7-13(19)16(20)21/h2-3,5-6,13H,4,7-10H2,1H3,(H,20,21). The summed E-state index contributed by atoms with van der Waals surface area (Å²) in [4.78, 5) is 17.5. The number of carbonyl (C=O) groups is 1. The number of benzene rings is 1. The molecule has 1 aliphatic heterocycles. The van der Waals surface area contributed by atoms with Crippen molar-refractivity contribution in [1.29, 1.82) is 0 Å². The fourth-order valence-electron chi connectivity index (χ4n) is 2.87. The molecule has 1 aromatic heterocycles. The highest BCUT2D eigenvalue weighted by Crippen LogP contribution is 2.20. The lowest BCUT2D eigenvalue weighted by molar-refractivity contribution is -0.142. The number of carboxylic acid groups (broad SMARTS) is 1. The van der Waals surface area contributed by atoms with Crippen LogP contribution in [0.4, 0.5) is 0 Å². The topological polar surface area (TPSA) is 79.5 Å². The molecule has 1 fully saturated rings. The van der Waals surface area contributed by atoms with Gasteiger partial charge in [-0.3, -0.25) is 9.69 Å². The summed E-state index contributed by atoms with van der Waals surface area (Å²) >= 11 is 0. The zero-order valence-electron chi connectivity index (χ0n) is 12.5. The minimum absolute atomic E-state index is 0.425. The minimum Gasteiger partial charge on any atom is -0.480 e. The van der Waals surface area contributed by atoms with Crippen molar-refractivity contribution in [3.63, 3.8) is 0 Å². The summed E-state index contributed by atoms with van der Waals surface area (Å²) < 4.78 is 5.29. The lowest BCUT2D eigenvalue weighted by atomic mass is 10.1. The molecule has 2 heterocycles. The number of hydrogen-bond acceptors (Lipinski definition) is 5. The second kappa shape index (κ2) is 6.27. The minimum atomic E-state index is -0.777. The van der Waals surface area contributed by atoms with Gasteiger partial charge in [0.2, 0.25) is 5.89 Å². The van der Waals surface area contributed by atoms with Gasteiger partial charge in [0.1, 0.15) is 6.04 Å². The first-order chi connectivity index (χ1) is 10.6. The Morgan fingerprint density at radius 3 is 3.05 bits per heavy atom. The molecular formula is C16H19N3O3. The Balaban J connectivity index is 1.67. The first-order valence-electron chi connectivity index (χ1n) is 7.46. The molecule has 1 aromatic carbocycles. The fraction of sp³-hybridized carbons (Fsp3) is 0.438. The molecule has 1 aliphatic rings. The van der Waals surface area contributed by atoms with Crippen LogP contribution in [0.15, 0.2) is 28.8 Å². The van der Waals surface area contributed by atoms with Crippen LogP contribution >= 0.6 is 0 Å². The van der Waals surface area contributed by atoms with E-state index in [0.717, 1.165) is 18.5 Å². The molecular weight excluding hydrogens is 282 g/mol. The smallest absolute Gasteiger partial charge is 0.320 e. The van der Waals surface area contributed by atoms with Gasteiger partial charge in [-0.25, -0.2) is 0 Å². The Kier molecular flexibility index (Phi) is 4.20.